The summed E-state index contributed by atoms with van der Waals surface area (Å²) in [5, 5.41) is 11.7. The fraction of sp³-hybridized carbons (Fsp3) is 0.818. The van der Waals surface area contributed by atoms with Crippen molar-refractivity contribution in [3.63, 3.8) is 0 Å². The fourth-order valence-electron chi connectivity index (χ4n) is 1.94. The summed E-state index contributed by atoms with van der Waals surface area (Å²) in [6.45, 7) is 3.66. The molecule has 0 radical (unpaired) electrons. The van der Waals surface area contributed by atoms with Crippen LogP contribution in [0.1, 0.15) is 32.6 Å². The lowest BCUT2D eigenvalue weighted by Crippen LogP contribution is -2.43. The van der Waals surface area contributed by atoms with E-state index in [1.165, 1.54) is 0 Å². The van der Waals surface area contributed by atoms with Crippen molar-refractivity contribution in [2.75, 3.05) is 19.6 Å². The van der Waals surface area contributed by atoms with Crippen molar-refractivity contribution >= 4 is 24.3 Å². The van der Waals surface area contributed by atoms with E-state index in [0.717, 1.165) is 19.3 Å². The number of nitrogens with one attached hydrogen (secondary N) is 1. The van der Waals surface area contributed by atoms with Crippen LogP contribution in [-0.2, 0) is 9.59 Å². The Kier molecular flexibility index (Phi) is 7.91. The lowest BCUT2D eigenvalue weighted by atomic mass is 10.2. The largest absolute Gasteiger partial charge is 0.480 e. The molecule has 0 aliphatic carbocycles. The van der Waals surface area contributed by atoms with E-state index < -0.39 is 12.0 Å². The number of carbonyl (C=O) groups excluding carboxylic acids is 1. The highest BCUT2D eigenvalue weighted by Gasteiger charge is 2.31. The molecule has 0 saturated carbocycles. The molecule has 0 unspecified atom stereocenters. The fourth-order valence-corrected chi connectivity index (χ4v) is 1.94. The summed E-state index contributed by atoms with van der Waals surface area (Å²) >= 11 is 0. The van der Waals surface area contributed by atoms with Crippen molar-refractivity contribution in [1.82, 2.24) is 10.2 Å². The van der Waals surface area contributed by atoms with Crippen molar-refractivity contribution < 1.29 is 14.7 Å². The predicted octanol–water partition coefficient (Wildman–Crippen LogP) is 0.873. The van der Waals surface area contributed by atoms with Gasteiger partial charge in [-0.15, -0.1) is 12.4 Å². The average Bonchev–Trinajstić information content (AvgIpc) is 2.66. The van der Waals surface area contributed by atoms with E-state index in [9.17, 15) is 9.59 Å². The number of unbranched alkanes of at least 4 members (excludes halogenated alkanes) is 1. The van der Waals surface area contributed by atoms with Gasteiger partial charge in [0.25, 0.3) is 0 Å². The van der Waals surface area contributed by atoms with Crippen LogP contribution in [0.5, 0.6) is 0 Å². The van der Waals surface area contributed by atoms with Gasteiger partial charge in [-0.2, -0.15) is 0 Å². The van der Waals surface area contributed by atoms with E-state index in [2.05, 4.69) is 12.2 Å². The number of carboxylic acid groups (broad SMARTS) is 1. The number of amides is 1. The van der Waals surface area contributed by atoms with E-state index >= 15 is 0 Å². The highest BCUT2D eigenvalue weighted by Crippen LogP contribution is 2.16. The smallest absolute Gasteiger partial charge is 0.320 e. The number of carboxylic acids is 1. The summed E-state index contributed by atoms with van der Waals surface area (Å²) in [5.41, 5.74) is 0. The maximum Gasteiger partial charge on any atom is 0.320 e. The highest BCUT2D eigenvalue weighted by molar-refractivity contribution is 5.85. The Hall–Kier alpha value is -0.810. The van der Waals surface area contributed by atoms with Gasteiger partial charge in [0.05, 0.1) is 6.54 Å². The number of nitrogens with zero attached hydrogens (tertiary/aromatic N) is 1. The maximum absolute atomic E-state index is 11.5. The Morgan fingerprint density at radius 1 is 1.47 bits per heavy atom. The van der Waals surface area contributed by atoms with Gasteiger partial charge in [-0.1, -0.05) is 13.3 Å². The van der Waals surface area contributed by atoms with Crippen molar-refractivity contribution in [3.8, 4) is 0 Å². The van der Waals surface area contributed by atoms with E-state index in [1.54, 1.807) is 4.90 Å². The van der Waals surface area contributed by atoms with Crippen molar-refractivity contribution in [1.29, 1.82) is 0 Å². The average molecular weight is 265 g/mol. The maximum atomic E-state index is 11.5. The van der Waals surface area contributed by atoms with Gasteiger partial charge < -0.3 is 10.4 Å². The van der Waals surface area contributed by atoms with Crippen LogP contribution in [0, 0.1) is 0 Å². The molecule has 1 amide bonds. The molecule has 1 heterocycles. The quantitative estimate of drug-likeness (QED) is 0.699. The predicted molar refractivity (Wildman–Crippen MR) is 67.4 cm³/mol. The van der Waals surface area contributed by atoms with E-state index in [4.69, 9.17) is 5.11 Å². The van der Waals surface area contributed by atoms with E-state index in [-0.39, 0.29) is 24.9 Å². The molecule has 0 bridgehead atoms. The number of likely N-dealkylation sites (tertiary alicyclic amines) is 1. The minimum atomic E-state index is -0.821. The number of halogens is 1. The van der Waals surface area contributed by atoms with Crippen molar-refractivity contribution in [2.45, 2.75) is 38.6 Å². The Morgan fingerprint density at radius 3 is 2.76 bits per heavy atom. The topological polar surface area (TPSA) is 69.6 Å². The van der Waals surface area contributed by atoms with Crippen LogP contribution in [0.4, 0.5) is 0 Å². The van der Waals surface area contributed by atoms with Gasteiger partial charge in [0.15, 0.2) is 0 Å². The third kappa shape index (κ3) is 5.37. The van der Waals surface area contributed by atoms with Gasteiger partial charge in [-0.3, -0.25) is 14.5 Å². The zero-order valence-corrected chi connectivity index (χ0v) is 11.0. The van der Waals surface area contributed by atoms with Gasteiger partial charge in [0, 0.05) is 6.54 Å². The normalized spacial score (nSPS) is 19.7. The third-order valence-corrected chi connectivity index (χ3v) is 2.85. The number of rotatable bonds is 6. The molecule has 1 atom stereocenters. The number of hydrogen-bond acceptors (Lipinski definition) is 3. The SMILES string of the molecule is CCCCNC(=O)CN1CCC[C@H]1C(=O)O.Cl. The van der Waals surface area contributed by atoms with Gasteiger partial charge in [-0.05, 0) is 25.8 Å². The van der Waals surface area contributed by atoms with Crippen LogP contribution in [0.15, 0.2) is 0 Å². The summed E-state index contributed by atoms with van der Waals surface area (Å²) in [7, 11) is 0. The second kappa shape index (κ2) is 8.31. The second-order valence-electron chi connectivity index (χ2n) is 4.17. The molecule has 2 N–H and O–H groups in total. The zero-order chi connectivity index (χ0) is 12.0. The Labute approximate surface area is 108 Å². The molecule has 0 aromatic rings. The number of carbonyl (C=O) groups is 2. The minimum absolute atomic E-state index is 0. The van der Waals surface area contributed by atoms with Crippen LogP contribution >= 0.6 is 12.4 Å². The molecular formula is C11H21ClN2O3. The van der Waals surface area contributed by atoms with Gasteiger partial charge in [0.1, 0.15) is 6.04 Å². The first-order chi connectivity index (χ1) is 7.65. The molecule has 1 rings (SSSR count). The third-order valence-electron chi connectivity index (χ3n) is 2.85. The first kappa shape index (κ1) is 16.2. The highest BCUT2D eigenvalue weighted by atomic mass is 35.5. The first-order valence-corrected chi connectivity index (χ1v) is 5.88. The lowest BCUT2D eigenvalue weighted by molar-refractivity contribution is -0.142. The molecule has 5 nitrogen and oxygen atoms in total. The molecule has 1 aliphatic rings. The Bertz CT molecular complexity index is 261. The molecule has 1 fully saturated rings. The Balaban J connectivity index is 0.00000256. The summed E-state index contributed by atoms with van der Waals surface area (Å²) < 4.78 is 0. The van der Waals surface area contributed by atoms with E-state index in [1.807, 2.05) is 0 Å². The summed E-state index contributed by atoms with van der Waals surface area (Å²) in [6.07, 6.45) is 3.52. The molecule has 1 saturated heterocycles. The molecule has 6 heteroatoms. The van der Waals surface area contributed by atoms with Crippen LogP contribution in [0.3, 0.4) is 0 Å². The first-order valence-electron chi connectivity index (χ1n) is 5.88. The lowest BCUT2D eigenvalue weighted by Gasteiger charge is -2.20. The zero-order valence-electron chi connectivity index (χ0n) is 10.1. The minimum Gasteiger partial charge on any atom is -0.480 e. The monoisotopic (exact) mass is 264 g/mol. The molecule has 1 aliphatic heterocycles. The van der Waals surface area contributed by atoms with Crippen molar-refractivity contribution in [2.24, 2.45) is 0 Å². The second-order valence-corrected chi connectivity index (χ2v) is 4.17. The molecule has 0 aromatic heterocycles. The number of aliphatic carboxylic acids is 1. The molecule has 100 valence electrons. The van der Waals surface area contributed by atoms with Gasteiger partial charge >= 0.3 is 5.97 Å². The molecular weight excluding hydrogens is 244 g/mol. The van der Waals surface area contributed by atoms with Gasteiger partial charge in [0.2, 0.25) is 5.91 Å². The van der Waals surface area contributed by atoms with Crippen molar-refractivity contribution in [3.05, 3.63) is 0 Å². The summed E-state index contributed by atoms with van der Waals surface area (Å²) in [5.74, 6) is -0.888. The van der Waals surface area contributed by atoms with Crippen LogP contribution in [0.2, 0.25) is 0 Å². The van der Waals surface area contributed by atoms with E-state index in [0.29, 0.717) is 19.5 Å². The summed E-state index contributed by atoms with van der Waals surface area (Å²) in [4.78, 5) is 24.1. The molecule has 0 aromatic carbocycles. The Morgan fingerprint density at radius 2 is 2.18 bits per heavy atom. The standard InChI is InChI=1S/C11H20N2O3.ClH/c1-2-3-6-12-10(14)8-13-7-4-5-9(13)11(15)16;/h9H,2-8H2,1H3,(H,12,14)(H,15,16);1H/t9-;/m0./s1. The number of hydrogen-bond donors (Lipinski definition) is 2. The van der Waals surface area contributed by atoms with Gasteiger partial charge in [-0.25, -0.2) is 0 Å². The van der Waals surface area contributed by atoms with Crippen LogP contribution in [-0.4, -0.2) is 47.6 Å². The molecule has 0 spiro atoms. The summed E-state index contributed by atoms with van der Waals surface area (Å²) in [6, 6.07) is -0.475. The molecule has 17 heavy (non-hydrogen) atoms. The van der Waals surface area contributed by atoms with Crippen LogP contribution < -0.4 is 5.32 Å². The van der Waals surface area contributed by atoms with Crippen LogP contribution in [0.25, 0.3) is 0 Å².